The first-order valence-corrected chi connectivity index (χ1v) is 10.3. The molecule has 0 amide bonds. The minimum absolute atomic E-state index is 0.0564. The van der Waals surface area contributed by atoms with Gasteiger partial charge in [-0.3, -0.25) is 0 Å². The largest absolute Gasteiger partial charge is 0.508 e. The number of phenolic OH excluding ortho intramolecular Hbond substituents is 1. The van der Waals surface area contributed by atoms with E-state index in [9.17, 15) is 10.2 Å². The molecule has 2 heteroatoms. The number of allylic oxidation sites excluding steroid dienone is 1. The number of aryl methyl sites for hydroxylation is 1. The van der Waals surface area contributed by atoms with E-state index >= 15 is 0 Å². The fraction of sp³-hybridized carbons (Fsp3) is 0.440. The van der Waals surface area contributed by atoms with Crippen LogP contribution in [0.2, 0.25) is 0 Å². The molecule has 27 heavy (non-hydrogen) atoms. The molecule has 0 aliphatic heterocycles. The molecule has 0 radical (unpaired) electrons. The Balaban J connectivity index is 1.62. The van der Waals surface area contributed by atoms with Gasteiger partial charge in [-0.1, -0.05) is 54.5 Å². The first kappa shape index (κ1) is 17.1. The van der Waals surface area contributed by atoms with E-state index in [0.29, 0.717) is 5.75 Å². The lowest BCUT2D eigenvalue weighted by atomic mass is 9.55. The van der Waals surface area contributed by atoms with E-state index in [1.54, 1.807) is 11.1 Å². The van der Waals surface area contributed by atoms with Crippen molar-refractivity contribution < 1.29 is 10.2 Å². The van der Waals surface area contributed by atoms with Gasteiger partial charge in [0.2, 0.25) is 0 Å². The van der Waals surface area contributed by atoms with Crippen molar-refractivity contribution in [3.05, 3.63) is 76.4 Å². The number of phenols is 1. The van der Waals surface area contributed by atoms with Gasteiger partial charge in [0.1, 0.15) is 5.75 Å². The summed E-state index contributed by atoms with van der Waals surface area (Å²) in [6.07, 6.45) is 6.89. The molecular weight excluding hydrogens is 332 g/mol. The SMILES string of the molecule is C[C@]12CC[C@]3(Cc4ccccc4)C[C@H](O)CC3=C1CCc1cc(O)ccc12. The Hall–Kier alpha value is -2.06. The van der Waals surface area contributed by atoms with E-state index in [0.717, 1.165) is 44.9 Å². The quantitative estimate of drug-likeness (QED) is 0.734. The third-order valence-corrected chi connectivity index (χ3v) is 7.55. The molecule has 0 bridgehead atoms. The first-order valence-electron chi connectivity index (χ1n) is 10.3. The lowest BCUT2D eigenvalue weighted by Crippen LogP contribution is -2.40. The lowest BCUT2D eigenvalue weighted by Gasteiger charge is -2.49. The van der Waals surface area contributed by atoms with Crippen molar-refractivity contribution >= 4 is 0 Å². The maximum absolute atomic E-state index is 10.6. The van der Waals surface area contributed by atoms with E-state index in [-0.39, 0.29) is 16.9 Å². The summed E-state index contributed by atoms with van der Waals surface area (Å²) in [5.74, 6) is 0.374. The monoisotopic (exact) mass is 360 g/mol. The maximum Gasteiger partial charge on any atom is 0.115 e. The van der Waals surface area contributed by atoms with Gasteiger partial charge in [0, 0.05) is 5.41 Å². The number of aromatic hydroxyl groups is 1. The standard InChI is InChI=1S/C25H28O2/c1-24-11-12-25(15-17-5-3-2-4-6-17)16-20(27)14-23(25)22(24)9-7-18-13-19(26)8-10-21(18)24/h2-6,8,10,13,20,26-27H,7,9,11-12,14-16H2,1H3/t20-,24-,25+/m1/s1. The zero-order valence-corrected chi connectivity index (χ0v) is 16.0. The molecule has 3 aliphatic rings. The van der Waals surface area contributed by atoms with Crippen LogP contribution in [0.4, 0.5) is 0 Å². The third-order valence-electron chi connectivity index (χ3n) is 7.55. The summed E-state index contributed by atoms with van der Waals surface area (Å²) in [5, 5.41) is 20.6. The fourth-order valence-corrected chi connectivity index (χ4v) is 6.33. The van der Waals surface area contributed by atoms with Gasteiger partial charge >= 0.3 is 0 Å². The molecule has 0 saturated heterocycles. The van der Waals surface area contributed by atoms with Gasteiger partial charge in [-0.2, -0.15) is 0 Å². The molecule has 2 aromatic rings. The van der Waals surface area contributed by atoms with Crippen LogP contribution in [0.3, 0.4) is 0 Å². The van der Waals surface area contributed by atoms with E-state index in [2.05, 4.69) is 43.3 Å². The zero-order chi connectivity index (χ0) is 18.6. The normalized spacial score (nSPS) is 32.0. The molecule has 1 fully saturated rings. The minimum Gasteiger partial charge on any atom is -0.508 e. The van der Waals surface area contributed by atoms with Crippen molar-refractivity contribution in [2.45, 2.75) is 63.4 Å². The van der Waals surface area contributed by atoms with Gasteiger partial charge in [-0.25, -0.2) is 0 Å². The summed E-state index contributed by atoms with van der Waals surface area (Å²) < 4.78 is 0. The number of rotatable bonds is 2. The molecule has 3 aliphatic carbocycles. The van der Waals surface area contributed by atoms with Gasteiger partial charge in [0.25, 0.3) is 0 Å². The second-order valence-electron chi connectivity index (χ2n) is 9.14. The van der Waals surface area contributed by atoms with Crippen LogP contribution in [0.5, 0.6) is 5.75 Å². The molecule has 2 nitrogen and oxygen atoms in total. The fourth-order valence-electron chi connectivity index (χ4n) is 6.33. The predicted octanol–water partition coefficient (Wildman–Crippen LogP) is 5.07. The molecule has 2 aromatic carbocycles. The summed E-state index contributed by atoms with van der Waals surface area (Å²) in [6, 6.07) is 16.7. The average Bonchev–Trinajstić information content (AvgIpc) is 2.98. The minimum atomic E-state index is -0.209. The highest BCUT2D eigenvalue weighted by atomic mass is 16.3. The summed E-state index contributed by atoms with van der Waals surface area (Å²) in [7, 11) is 0. The number of benzene rings is 2. The summed E-state index contributed by atoms with van der Waals surface area (Å²) >= 11 is 0. The number of hydrogen-bond donors (Lipinski definition) is 2. The molecule has 0 heterocycles. The smallest absolute Gasteiger partial charge is 0.115 e. The van der Waals surface area contributed by atoms with Crippen LogP contribution < -0.4 is 0 Å². The summed E-state index contributed by atoms with van der Waals surface area (Å²) in [4.78, 5) is 0. The maximum atomic E-state index is 10.6. The summed E-state index contributed by atoms with van der Waals surface area (Å²) in [5.41, 5.74) is 7.39. The van der Waals surface area contributed by atoms with Crippen LogP contribution in [0.1, 0.15) is 55.7 Å². The second-order valence-corrected chi connectivity index (χ2v) is 9.14. The molecule has 2 N–H and O–H groups in total. The Morgan fingerprint density at radius 1 is 1.00 bits per heavy atom. The van der Waals surface area contributed by atoms with Crippen LogP contribution in [-0.4, -0.2) is 16.3 Å². The molecule has 1 saturated carbocycles. The van der Waals surface area contributed by atoms with Crippen molar-refractivity contribution in [2.75, 3.05) is 0 Å². The molecule has 5 rings (SSSR count). The number of fused-ring (bicyclic) bond motifs is 4. The first-order chi connectivity index (χ1) is 13.0. The van der Waals surface area contributed by atoms with E-state index in [1.165, 1.54) is 16.7 Å². The van der Waals surface area contributed by atoms with Gasteiger partial charge in [-0.05, 0) is 79.2 Å². The van der Waals surface area contributed by atoms with Crippen molar-refractivity contribution in [3.8, 4) is 5.75 Å². The Morgan fingerprint density at radius 3 is 2.63 bits per heavy atom. The Bertz CT molecular complexity index is 913. The van der Waals surface area contributed by atoms with Crippen molar-refractivity contribution in [3.63, 3.8) is 0 Å². The van der Waals surface area contributed by atoms with Crippen LogP contribution >= 0.6 is 0 Å². The van der Waals surface area contributed by atoms with Gasteiger partial charge < -0.3 is 10.2 Å². The molecule has 0 spiro atoms. The number of aliphatic hydroxyl groups is 1. The van der Waals surface area contributed by atoms with Crippen LogP contribution in [0, 0.1) is 5.41 Å². The van der Waals surface area contributed by atoms with E-state index < -0.39 is 0 Å². The lowest BCUT2D eigenvalue weighted by molar-refractivity contribution is 0.149. The molecule has 0 aromatic heterocycles. The molecule has 0 unspecified atom stereocenters. The van der Waals surface area contributed by atoms with Crippen LogP contribution in [-0.2, 0) is 18.3 Å². The molecule has 3 atom stereocenters. The van der Waals surface area contributed by atoms with Crippen LogP contribution in [0.25, 0.3) is 0 Å². The number of aliphatic hydroxyl groups excluding tert-OH is 1. The highest BCUT2D eigenvalue weighted by molar-refractivity contribution is 5.52. The topological polar surface area (TPSA) is 40.5 Å². The van der Waals surface area contributed by atoms with Crippen molar-refractivity contribution in [1.29, 1.82) is 0 Å². The zero-order valence-electron chi connectivity index (χ0n) is 16.0. The van der Waals surface area contributed by atoms with Gasteiger partial charge in [0.05, 0.1) is 6.10 Å². The third kappa shape index (κ3) is 2.57. The number of hydrogen-bond acceptors (Lipinski definition) is 2. The Labute approximate surface area is 161 Å². The van der Waals surface area contributed by atoms with Crippen molar-refractivity contribution in [2.24, 2.45) is 5.41 Å². The Kier molecular flexibility index (Phi) is 3.77. The predicted molar refractivity (Wildman–Crippen MR) is 108 cm³/mol. The highest BCUT2D eigenvalue weighted by Gasteiger charge is 2.52. The molecule has 140 valence electrons. The Morgan fingerprint density at radius 2 is 1.81 bits per heavy atom. The van der Waals surface area contributed by atoms with E-state index in [4.69, 9.17) is 0 Å². The van der Waals surface area contributed by atoms with E-state index in [1.807, 2.05) is 12.1 Å². The van der Waals surface area contributed by atoms with Gasteiger partial charge in [-0.15, -0.1) is 0 Å². The molecular formula is C25H28O2. The van der Waals surface area contributed by atoms with Crippen molar-refractivity contribution in [1.82, 2.24) is 0 Å². The summed E-state index contributed by atoms with van der Waals surface area (Å²) in [6.45, 7) is 2.39. The average molecular weight is 360 g/mol. The van der Waals surface area contributed by atoms with Crippen LogP contribution in [0.15, 0.2) is 59.7 Å². The second kappa shape index (κ2) is 5.97. The van der Waals surface area contributed by atoms with Gasteiger partial charge in [0.15, 0.2) is 0 Å². The highest BCUT2D eigenvalue weighted by Crippen LogP contribution is 2.61.